The van der Waals surface area contributed by atoms with Gasteiger partial charge in [0.15, 0.2) is 0 Å². The molecule has 3 aromatic rings. The van der Waals surface area contributed by atoms with Crippen molar-refractivity contribution < 1.29 is 4.79 Å². The van der Waals surface area contributed by atoms with E-state index in [1.807, 2.05) is 12.1 Å². The Hall–Kier alpha value is -1.83. The molecule has 2 aromatic heterocycles. The van der Waals surface area contributed by atoms with Crippen molar-refractivity contribution in [1.82, 2.24) is 15.2 Å². The fourth-order valence-corrected chi connectivity index (χ4v) is 2.86. The Morgan fingerprint density at radius 2 is 2.00 bits per heavy atom. The average molecular weight is 323 g/mol. The van der Waals surface area contributed by atoms with Crippen molar-refractivity contribution in [3.05, 3.63) is 45.9 Å². The highest BCUT2D eigenvalue weighted by Crippen LogP contribution is 2.25. The van der Waals surface area contributed by atoms with E-state index in [2.05, 4.69) is 20.5 Å². The highest BCUT2D eigenvalue weighted by atomic mass is 35.5. The molecule has 100 valence electrons. The maximum Gasteiger partial charge on any atom is 0.276 e. The van der Waals surface area contributed by atoms with Crippen LogP contribution in [0.1, 0.15) is 10.5 Å². The molecular formula is C12H7ClN4OS2. The van der Waals surface area contributed by atoms with E-state index in [0.717, 1.165) is 10.6 Å². The molecule has 1 amide bonds. The molecule has 3 rings (SSSR count). The molecule has 0 bridgehead atoms. The maximum atomic E-state index is 12.0. The van der Waals surface area contributed by atoms with Gasteiger partial charge in [-0.3, -0.25) is 10.1 Å². The van der Waals surface area contributed by atoms with Crippen LogP contribution in [0.5, 0.6) is 0 Å². The van der Waals surface area contributed by atoms with Gasteiger partial charge in [0.05, 0.1) is 0 Å². The zero-order valence-corrected chi connectivity index (χ0v) is 12.3. The predicted octanol–water partition coefficient (Wildman–Crippen LogP) is 3.57. The number of rotatable bonds is 3. The first-order valence-electron chi connectivity index (χ1n) is 5.51. The number of carbonyl (C=O) groups excluding carboxylic acids is 1. The standard InChI is InChI=1S/C12H7ClN4OS2/c13-8-3-1-7(2-4-8)11-15-9(5-19-11)10(18)16-12-17-14-6-20-12/h1-6H,(H,16,17,18). The van der Waals surface area contributed by atoms with Crippen molar-refractivity contribution in [2.45, 2.75) is 0 Å². The summed E-state index contributed by atoms with van der Waals surface area (Å²) >= 11 is 8.50. The molecule has 0 aliphatic carbocycles. The summed E-state index contributed by atoms with van der Waals surface area (Å²) in [5, 5.41) is 13.6. The van der Waals surface area contributed by atoms with E-state index in [1.165, 1.54) is 22.7 Å². The van der Waals surface area contributed by atoms with Gasteiger partial charge in [-0.15, -0.1) is 21.5 Å². The largest absolute Gasteiger partial charge is 0.295 e. The van der Waals surface area contributed by atoms with Gasteiger partial charge >= 0.3 is 0 Å². The number of benzene rings is 1. The molecule has 0 saturated heterocycles. The summed E-state index contributed by atoms with van der Waals surface area (Å²) in [5.74, 6) is -0.293. The van der Waals surface area contributed by atoms with Crippen LogP contribution in [-0.2, 0) is 0 Å². The number of aromatic nitrogens is 3. The lowest BCUT2D eigenvalue weighted by Gasteiger charge is -1.97. The highest BCUT2D eigenvalue weighted by molar-refractivity contribution is 7.14. The molecule has 0 radical (unpaired) electrons. The fourth-order valence-electron chi connectivity index (χ4n) is 1.49. The monoisotopic (exact) mass is 322 g/mol. The van der Waals surface area contributed by atoms with Crippen LogP contribution >= 0.6 is 34.3 Å². The molecule has 1 N–H and O–H groups in total. The number of halogens is 1. The number of amides is 1. The number of thiazole rings is 1. The van der Waals surface area contributed by atoms with Crippen LogP contribution in [0.4, 0.5) is 5.13 Å². The number of nitrogens with zero attached hydrogens (tertiary/aromatic N) is 3. The second-order valence-electron chi connectivity index (χ2n) is 3.74. The van der Waals surface area contributed by atoms with Gasteiger partial charge in [0.2, 0.25) is 5.13 Å². The molecule has 1 aromatic carbocycles. The number of carbonyl (C=O) groups is 1. The van der Waals surface area contributed by atoms with Gasteiger partial charge in [-0.1, -0.05) is 35.1 Å². The summed E-state index contributed by atoms with van der Waals surface area (Å²) in [7, 11) is 0. The second-order valence-corrected chi connectivity index (χ2v) is 5.87. The third kappa shape index (κ3) is 2.84. The van der Waals surface area contributed by atoms with Crippen molar-refractivity contribution in [3.63, 3.8) is 0 Å². The molecule has 0 fully saturated rings. The Morgan fingerprint density at radius 3 is 2.70 bits per heavy atom. The normalized spacial score (nSPS) is 10.4. The molecular weight excluding hydrogens is 316 g/mol. The van der Waals surface area contributed by atoms with Gasteiger partial charge in [0.25, 0.3) is 5.91 Å². The third-order valence-corrected chi connectivity index (χ3v) is 4.16. The Kier molecular flexibility index (Phi) is 3.72. The van der Waals surface area contributed by atoms with Crippen molar-refractivity contribution >= 4 is 45.3 Å². The highest BCUT2D eigenvalue weighted by Gasteiger charge is 2.13. The minimum absolute atomic E-state index is 0.293. The van der Waals surface area contributed by atoms with Crippen LogP contribution in [0, 0.1) is 0 Å². The van der Waals surface area contributed by atoms with Crippen LogP contribution in [0.15, 0.2) is 35.2 Å². The molecule has 0 spiro atoms. The van der Waals surface area contributed by atoms with E-state index in [0.29, 0.717) is 15.8 Å². The molecule has 0 saturated carbocycles. The molecule has 2 heterocycles. The summed E-state index contributed by atoms with van der Waals surface area (Å²) in [6.07, 6.45) is 0. The Bertz CT molecular complexity index is 724. The summed E-state index contributed by atoms with van der Waals surface area (Å²) in [6, 6.07) is 7.32. The van der Waals surface area contributed by atoms with Gasteiger partial charge in [-0.05, 0) is 12.1 Å². The van der Waals surface area contributed by atoms with Crippen LogP contribution < -0.4 is 5.32 Å². The van der Waals surface area contributed by atoms with Gasteiger partial charge in [-0.25, -0.2) is 4.98 Å². The van der Waals surface area contributed by atoms with Crippen LogP contribution in [-0.4, -0.2) is 21.1 Å². The van der Waals surface area contributed by atoms with Crippen molar-refractivity contribution in [1.29, 1.82) is 0 Å². The first-order valence-corrected chi connectivity index (χ1v) is 7.65. The molecule has 8 heteroatoms. The van der Waals surface area contributed by atoms with E-state index in [9.17, 15) is 4.79 Å². The Labute approximate surface area is 127 Å². The van der Waals surface area contributed by atoms with Crippen molar-refractivity contribution in [3.8, 4) is 10.6 Å². The zero-order chi connectivity index (χ0) is 13.9. The van der Waals surface area contributed by atoms with Crippen LogP contribution in [0.25, 0.3) is 10.6 Å². The Morgan fingerprint density at radius 1 is 1.20 bits per heavy atom. The molecule has 0 atom stereocenters. The average Bonchev–Trinajstić information content (AvgIpc) is 3.10. The third-order valence-electron chi connectivity index (χ3n) is 2.41. The lowest BCUT2D eigenvalue weighted by molar-refractivity contribution is 0.102. The first-order chi connectivity index (χ1) is 9.72. The van der Waals surface area contributed by atoms with Gasteiger partial charge in [0, 0.05) is 16.0 Å². The van der Waals surface area contributed by atoms with Crippen LogP contribution in [0.2, 0.25) is 5.02 Å². The molecule has 0 aliphatic heterocycles. The summed E-state index contributed by atoms with van der Waals surface area (Å²) in [5.41, 5.74) is 2.83. The first kappa shape index (κ1) is 13.2. The SMILES string of the molecule is O=C(Nc1nncs1)c1csc(-c2ccc(Cl)cc2)n1. The molecule has 20 heavy (non-hydrogen) atoms. The summed E-state index contributed by atoms with van der Waals surface area (Å²) in [6.45, 7) is 0. The van der Waals surface area contributed by atoms with E-state index in [-0.39, 0.29) is 5.91 Å². The van der Waals surface area contributed by atoms with Gasteiger partial charge in [0.1, 0.15) is 16.2 Å². The molecule has 5 nitrogen and oxygen atoms in total. The van der Waals surface area contributed by atoms with Crippen LogP contribution in [0.3, 0.4) is 0 Å². The lowest BCUT2D eigenvalue weighted by Crippen LogP contribution is -2.12. The van der Waals surface area contributed by atoms with Crippen molar-refractivity contribution in [2.75, 3.05) is 5.32 Å². The second kappa shape index (κ2) is 5.66. The quantitative estimate of drug-likeness (QED) is 0.800. The summed E-state index contributed by atoms with van der Waals surface area (Å²) < 4.78 is 0. The fraction of sp³-hybridized carbons (Fsp3) is 0. The van der Waals surface area contributed by atoms with E-state index >= 15 is 0 Å². The van der Waals surface area contributed by atoms with E-state index in [1.54, 1.807) is 23.0 Å². The maximum absolute atomic E-state index is 12.0. The topological polar surface area (TPSA) is 67.8 Å². The molecule has 0 aliphatic rings. The predicted molar refractivity (Wildman–Crippen MR) is 80.4 cm³/mol. The smallest absolute Gasteiger partial charge is 0.276 e. The van der Waals surface area contributed by atoms with E-state index in [4.69, 9.17) is 11.6 Å². The number of anilines is 1. The zero-order valence-electron chi connectivity index (χ0n) is 9.91. The summed E-state index contributed by atoms with van der Waals surface area (Å²) in [4.78, 5) is 16.3. The van der Waals surface area contributed by atoms with Gasteiger partial charge in [-0.2, -0.15) is 0 Å². The molecule has 0 unspecified atom stereocenters. The number of hydrogen-bond donors (Lipinski definition) is 1. The minimum atomic E-state index is -0.293. The lowest BCUT2D eigenvalue weighted by atomic mass is 10.2. The number of nitrogens with one attached hydrogen (secondary N) is 1. The van der Waals surface area contributed by atoms with Gasteiger partial charge < -0.3 is 0 Å². The Balaban J connectivity index is 1.79. The van der Waals surface area contributed by atoms with E-state index < -0.39 is 0 Å². The van der Waals surface area contributed by atoms with Crippen molar-refractivity contribution in [2.24, 2.45) is 0 Å². The minimum Gasteiger partial charge on any atom is -0.295 e. The number of hydrogen-bond acceptors (Lipinski definition) is 6.